The molecule has 3 rings (SSSR count). The van der Waals surface area contributed by atoms with Gasteiger partial charge in [-0.15, -0.1) is 0 Å². The number of sulfonamides is 1. The normalized spacial score (nSPS) is 16.4. The highest BCUT2D eigenvalue weighted by atomic mass is 32.2. The fraction of sp³-hybridized carbons (Fsp3) is 0.318. The van der Waals surface area contributed by atoms with Crippen LogP contribution in [0.5, 0.6) is 5.75 Å². The summed E-state index contributed by atoms with van der Waals surface area (Å²) in [5.41, 5.74) is 2.51. The van der Waals surface area contributed by atoms with E-state index in [-0.39, 0.29) is 16.6 Å². The second-order valence-electron chi connectivity index (χ2n) is 7.39. The minimum Gasteiger partial charge on any atom is -0.461 e. The van der Waals surface area contributed by atoms with Gasteiger partial charge in [-0.3, -0.25) is 0 Å². The lowest BCUT2D eigenvalue weighted by molar-refractivity contribution is -0.143. The molecule has 29 heavy (non-hydrogen) atoms. The van der Waals surface area contributed by atoms with E-state index in [4.69, 9.17) is 9.47 Å². The summed E-state index contributed by atoms with van der Waals surface area (Å²) in [5, 5.41) is 0. The van der Waals surface area contributed by atoms with Gasteiger partial charge in [0.15, 0.2) is 0 Å². The van der Waals surface area contributed by atoms with Crippen LogP contribution in [0.25, 0.3) is 0 Å². The molecule has 154 valence electrons. The zero-order valence-electron chi connectivity index (χ0n) is 17.1. The summed E-state index contributed by atoms with van der Waals surface area (Å²) in [6.07, 6.45) is -0.351. The molecule has 6 nitrogen and oxygen atoms in total. The average molecular weight is 416 g/mol. The van der Waals surface area contributed by atoms with E-state index in [0.717, 1.165) is 11.1 Å². The maximum Gasteiger partial charge on any atom is 0.339 e. The molecule has 0 unspecified atom stereocenters. The monoisotopic (exact) mass is 415 g/mol. The third kappa shape index (κ3) is 4.36. The molecule has 1 heterocycles. The van der Waals surface area contributed by atoms with E-state index in [1.807, 2.05) is 19.9 Å². The fourth-order valence-electron chi connectivity index (χ4n) is 3.21. The third-order valence-electron chi connectivity index (χ3n) is 4.64. The van der Waals surface area contributed by atoms with Gasteiger partial charge in [0.2, 0.25) is 10.0 Å². The first-order chi connectivity index (χ1) is 13.6. The Hall–Kier alpha value is -2.64. The number of carbonyl (C=O) groups is 1. The molecule has 0 amide bonds. The first kappa shape index (κ1) is 21.1. The molecule has 1 aliphatic heterocycles. The van der Waals surface area contributed by atoms with Crippen LogP contribution in [0.1, 0.15) is 43.5 Å². The lowest BCUT2D eigenvalue weighted by Gasteiger charge is -2.30. The van der Waals surface area contributed by atoms with Gasteiger partial charge in [0.1, 0.15) is 11.5 Å². The molecule has 2 aromatic rings. The van der Waals surface area contributed by atoms with E-state index in [1.54, 1.807) is 45.0 Å². The summed E-state index contributed by atoms with van der Waals surface area (Å²) in [5.74, 6) is 0.248. The number of rotatable bonds is 5. The highest BCUT2D eigenvalue weighted by molar-refractivity contribution is 7.89. The molecule has 0 spiro atoms. The van der Waals surface area contributed by atoms with Gasteiger partial charge in [-0.1, -0.05) is 35.9 Å². The molecule has 0 bridgehead atoms. The number of allylic oxidation sites excluding steroid dienone is 1. The Morgan fingerprint density at radius 3 is 2.34 bits per heavy atom. The number of carbonyl (C=O) groups excluding carboxylic acids is 1. The van der Waals surface area contributed by atoms with Crippen LogP contribution in [0.3, 0.4) is 0 Å². The van der Waals surface area contributed by atoms with Gasteiger partial charge < -0.3 is 9.47 Å². The van der Waals surface area contributed by atoms with Crippen LogP contribution >= 0.6 is 0 Å². The molecule has 0 fully saturated rings. The Bertz CT molecular complexity index is 1070. The molecular weight excluding hydrogens is 390 g/mol. The maximum absolute atomic E-state index is 13.1. The minimum absolute atomic E-state index is 0.123. The summed E-state index contributed by atoms with van der Waals surface area (Å²) < 4.78 is 40.1. The van der Waals surface area contributed by atoms with Crippen LogP contribution in [-0.2, 0) is 19.6 Å². The van der Waals surface area contributed by atoms with Crippen molar-refractivity contribution in [3.63, 3.8) is 0 Å². The topological polar surface area (TPSA) is 81.7 Å². The van der Waals surface area contributed by atoms with E-state index in [2.05, 4.69) is 4.72 Å². The molecule has 1 atom stereocenters. The maximum atomic E-state index is 13.1. The second-order valence-corrected chi connectivity index (χ2v) is 9.10. The van der Waals surface area contributed by atoms with Crippen molar-refractivity contribution in [2.45, 2.75) is 51.7 Å². The zero-order chi connectivity index (χ0) is 21.3. The first-order valence-corrected chi connectivity index (χ1v) is 10.9. The van der Waals surface area contributed by atoms with Gasteiger partial charge in [0.05, 0.1) is 22.6 Å². The van der Waals surface area contributed by atoms with Crippen LogP contribution in [0, 0.1) is 13.8 Å². The molecule has 1 aliphatic rings. The van der Waals surface area contributed by atoms with Crippen molar-refractivity contribution in [2.75, 3.05) is 0 Å². The highest BCUT2D eigenvalue weighted by Gasteiger charge is 2.37. The summed E-state index contributed by atoms with van der Waals surface area (Å²) in [6.45, 7) is 8.87. The van der Waals surface area contributed by atoms with Crippen LogP contribution in [0.2, 0.25) is 0 Å². The van der Waals surface area contributed by atoms with Crippen LogP contribution in [-0.4, -0.2) is 20.5 Å². The molecule has 0 saturated heterocycles. The lowest BCUT2D eigenvalue weighted by atomic mass is 9.93. The largest absolute Gasteiger partial charge is 0.461 e. The van der Waals surface area contributed by atoms with Crippen molar-refractivity contribution in [1.29, 1.82) is 0 Å². The van der Waals surface area contributed by atoms with Crippen molar-refractivity contribution >= 4 is 16.0 Å². The van der Waals surface area contributed by atoms with Gasteiger partial charge in [-0.25, -0.2) is 13.2 Å². The van der Waals surface area contributed by atoms with Gasteiger partial charge in [-0.2, -0.15) is 4.72 Å². The standard InChI is InChI=1S/C22H25NO5S/c1-13(2)27-22(24)19-16(5)28-21-15(4)7-6-8-18(21)20(19)23-29(25,26)17-11-9-14(3)10-12-17/h6-13,20,23H,1-5H3/t20-/m1/s1. The van der Waals surface area contributed by atoms with Gasteiger partial charge >= 0.3 is 5.97 Å². The molecular formula is C22H25NO5S. The molecule has 1 N–H and O–H groups in total. The Labute approximate surface area is 171 Å². The molecule has 0 aliphatic carbocycles. The predicted octanol–water partition coefficient (Wildman–Crippen LogP) is 3.94. The zero-order valence-corrected chi connectivity index (χ0v) is 18.0. The summed E-state index contributed by atoms with van der Waals surface area (Å²) in [7, 11) is -3.90. The van der Waals surface area contributed by atoms with E-state index in [9.17, 15) is 13.2 Å². The summed E-state index contributed by atoms with van der Waals surface area (Å²) in [4.78, 5) is 12.9. The van der Waals surface area contributed by atoms with Crippen LogP contribution in [0.15, 0.2) is 58.7 Å². The van der Waals surface area contributed by atoms with Crippen molar-refractivity contribution in [3.05, 3.63) is 70.5 Å². The van der Waals surface area contributed by atoms with E-state index < -0.39 is 22.0 Å². The van der Waals surface area contributed by atoms with Gasteiger partial charge in [0, 0.05) is 5.56 Å². The quantitative estimate of drug-likeness (QED) is 0.748. The number of benzene rings is 2. The third-order valence-corrected chi connectivity index (χ3v) is 6.08. The number of aryl methyl sites for hydroxylation is 2. The first-order valence-electron chi connectivity index (χ1n) is 9.38. The van der Waals surface area contributed by atoms with Crippen LogP contribution in [0.4, 0.5) is 0 Å². The Balaban J connectivity index is 2.09. The minimum atomic E-state index is -3.90. The van der Waals surface area contributed by atoms with Crippen molar-refractivity contribution < 1.29 is 22.7 Å². The van der Waals surface area contributed by atoms with E-state index in [0.29, 0.717) is 17.1 Å². The van der Waals surface area contributed by atoms with Crippen LogP contribution < -0.4 is 9.46 Å². The molecule has 0 saturated carbocycles. The molecule has 2 aromatic carbocycles. The number of nitrogens with one attached hydrogen (secondary N) is 1. The highest BCUT2D eigenvalue weighted by Crippen LogP contribution is 2.41. The Kier molecular flexibility index (Phi) is 5.82. The predicted molar refractivity (Wildman–Crippen MR) is 110 cm³/mol. The van der Waals surface area contributed by atoms with E-state index >= 15 is 0 Å². The number of hydrogen-bond donors (Lipinski definition) is 1. The number of para-hydroxylation sites is 1. The Morgan fingerprint density at radius 2 is 1.72 bits per heavy atom. The molecule has 0 aromatic heterocycles. The van der Waals surface area contributed by atoms with Gasteiger partial charge in [0.25, 0.3) is 0 Å². The smallest absolute Gasteiger partial charge is 0.339 e. The second kappa shape index (κ2) is 8.00. The SMILES string of the molecule is CC1=C(C(=O)OC(C)C)[C@H](NS(=O)(=O)c2ccc(C)cc2)c2cccc(C)c2O1. The fourth-order valence-corrected chi connectivity index (χ4v) is 4.40. The number of hydrogen-bond acceptors (Lipinski definition) is 5. The molecule has 0 radical (unpaired) electrons. The molecule has 7 heteroatoms. The Morgan fingerprint density at radius 1 is 1.07 bits per heavy atom. The number of fused-ring (bicyclic) bond motifs is 1. The van der Waals surface area contributed by atoms with Crippen molar-refractivity contribution in [1.82, 2.24) is 4.72 Å². The lowest BCUT2D eigenvalue weighted by Crippen LogP contribution is -2.36. The average Bonchev–Trinajstić information content (AvgIpc) is 2.62. The summed E-state index contributed by atoms with van der Waals surface area (Å²) >= 11 is 0. The number of esters is 1. The van der Waals surface area contributed by atoms with Gasteiger partial charge in [-0.05, 0) is 52.3 Å². The van der Waals surface area contributed by atoms with Crippen molar-refractivity contribution in [2.24, 2.45) is 0 Å². The number of ether oxygens (including phenoxy) is 2. The summed E-state index contributed by atoms with van der Waals surface area (Å²) in [6, 6.07) is 11.0. The van der Waals surface area contributed by atoms with E-state index in [1.165, 1.54) is 12.1 Å². The van der Waals surface area contributed by atoms with Crippen molar-refractivity contribution in [3.8, 4) is 5.75 Å².